The highest BCUT2D eigenvalue weighted by atomic mass is 16.3. The topological polar surface area (TPSA) is 52.6 Å². The fourth-order valence-corrected chi connectivity index (χ4v) is 3.70. The average Bonchev–Trinajstić information content (AvgIpc) is 3.22. The second kappa shape index (κ2) is 7.57. The minimum absolute atomic E-state index is 0.0245. The Hall–Kier alpha value is -2.59. The van der Waals surface area contributed by atoms with Gasteiger partial charge in [0.25, 0.3) is 0 Å². The Kier molecular flexibility index (Phi) is 5.38. The molecule has 1 aliphatic carbocycles. The summed E-state index contributed by atoms with van der Waals surface area (Å²) in [6.45, 7) is 4.74. The van der Waals surface area contributed by atoms with Crippen LogP contribution in [-0.2, 0) is 16.6 Å². The fourth-order valence-electron chi connectivity index (χ4n) is 3.70. The summed E-state index contributed by atoms with van der Waals surface area (Å²) in [5, 5.41) is 12.6. The zero-order valence-electron chi connectivity index (χ0n) is 16.5. The minimum atomic E-state index is -0.240. The van der Waals surface area contributed by atoms with Gasteiger partial charge in [-0.3, -0.25) is 4.79 Å². The van der Waals surface area contributed by atoms with Gasteiger partial charge in [-0.15, -0.1) is 0 Å². The van der Waals surface area contributed by atoms with Crippen LogP contribution in [-0.4, -0.2) is 42.6 Å². The molecule has 0 radical (unpaired) electrons. The van der Waals surface area contributed by atoms with Crippen molar-refractivity contribution in [3.05, 3.63) is 76.9 Å². The molecule has 27 heavy (non-hydrogen) atoms. The molecule has 0 aliphatic heterocycles. The third kappa shape index (κ3) is 3.91. The van der Waals surface area contributed by atoms with Crippen LogP contribution in [0.2, 0.25) is 0 Å². The van der Waals surface area contributed by atoms with Crippen LogP contribution in [0.5, 0.6) is 5.75 Å². The van der Waals surface area contributed by atoms with E-state index in [0.29, 0.717) is 6.54 Å². The standard InChI is InChI=1S/C23H28N2O2/c1-16-21(23(16,2)18-8-6-5-7-9-18)22(27)24-15-19(25(3)4)14-17-10-12-20(26)13-11-17/h5-13,19,26H,14-15H2,1-4H3,(H,24,27)/t19-,23-/m0/s1. The molecule has 2 aromatic rings. The molecule has 4 heteroatoms. The first-order valence-electron chi connectivity index (χ1n) is 9.34. The van der Waals surface area contributed by atoms with E-state index in [-0.39, 0.29) is 23.1 Å². The first-order chi connectivity index (χ1) is 12.8. The van der Waals surface area contributed by atoms with Gasteiger partial charge < -0.3 is 15.3 Å². The van der Waals surface area contributed by atoms with E-state index < -0.39 is 0 Å². The van der Waals surface area contributed by atoms with Gasteiger partial charge in [0.15, 0.2) is 0 Å². The number of nitrogens with one attached hydrogen (secondary N) is 1. The Morgan fingerprint density at radius 2 is 1.74 bits per heavy atom. The molecule has 4 nitrogen and oxygen atoms in total. The van der Waals surface area contributed by atoms with Gasteiger partial charge in [-0.05, 0) is 63.2 Å². The van der Waals surface area contributed by atoms with Crippen molar-refractivity contribution in [3.8, 4) is 5.75 Å². The molecule has 142 valence electrons. The van der Waals surface area contributed by atoms with E-state index in [9.17, 15) is 9.90 Å². The minimum Gasteiger partial charge on any atom is -0.508 e. The lowest BCUT2D eigenvalue weighted by molar-refractivity contribution is -0.117. The van der Waals surface area contributed by atoms with Gasteiger partial charge in [-0.1, -0.05) is 42.5 Å². The van der Waals surface area contributed by atoms with Gasteiger partial charge >= 0.3 is 0 Å². The van der Waals surface area contributed by atoms with E-state index >= 15 is 0 Å². The first-order valence-corrected chi connectivity index (χ1v) is 9.34. The maximum absolute atomic E-state index is 12.8. The van der Waals surface area contributed by atoms with Crippen molar-refractivity contribution in [3.63, 3.8) is 0 Å². The number of aromatic hydroxyl groups is 1. The van der Waals surface area contributed by atoms with E-state index in [1.54, 1.807) is 12.1 Å². The summed E-state index contributed by atoms with van der Waals surface area (Å²) in [5.74, 6) is 0.293. The molecule has 0 aromatic heterocycles. The van der Waals surface area contributed by atoms with Crippen LogP contribution in [0, 0.1) is 0 Å². The van der Waals surface area contributed by atoms with E-state index in [1.807, 2.05) is 51.4 Å². The van der Waals surface area contributed by atoms with E-state index in [2.05, 4.69) is 29.3 Å². The quantitative estimate of drug-likeness (QED) is 0.793. The molecule has 0 saturated heterocycles. The predicted octanol–water partition coefficient (Wildman–Crippen LogP) is 3.27. The number of carbonyl (C=O) groups is 1. The molecule has 0 fully saturated rings. The number of hydrogen-bond acceptors (Lipinski definition) is 3. The summed E-state index contributed by atoms with van der Waals surface area (Å²) in [4.78, 5) is 14.9. The van der Waals surface area contributed by atoms with E-state index in [4.69, 9.17) is 0 Å². The van der Waals surface area contributed by atoms with Gasteiger partial charge in [-0.25, -0.2) is 0 Å². The number of hydrogen-bond donors (Lipinski definition) is 2. The largest absolute Gasteiger partial charge is 0.508 e. The Balaban J connectivity index is 1.62. The molecule has 1 aliphatic rings. The third-order valence-corrected chi connectivity index (χ3v) is 5.78. The monoisotopic (exact) mass is 364 g/mol. The molecule has 0 heterocycles. The fraction of sp³-hybridized carbons (Fsp3) is 0.348. The Bertz CT molecular complexity index is 840. The van der Waals surface area contributed by atoms with Crippen molar-refractivity contribution in [2.75, 3.05) is 20.6 Å². The smallest absolute Gasteiger partial charge is 0.248 e. The highest BCUT2D eigenvalue weighted by Gasteiger charge is 2.51. The second-order valence-corrected chi connectivity index (χ2v) is 7.69. The molecule has 0 spiro atoms. The van der Waals surface area contributed by atoms with Crippen LogP contribution in [0.1, 0.15) is 25.0 Å². The molecule has 2 aromatic carbocycles. The SMILES string of the molecule is CC1=C(C(=O)NC[C@H](Cc2ccc(O)cc2)N(C)C)[C@]1(C)c1ccccc1. The summed E-state index contributed by atoms with van der Waals surface area (Å²) in [7, 11) is 4.04. The van der Waals surface area contributed by atoms with Crippen LogP contribution in [0.25, 0.3) is 0 Å². The number of rotatable bonds is 7. The number of phenolic OH excluding ortho intramolecular Hbond substituents is 1. The van der Waals surface area contributed by atoms with Gasteiger partial charge in [0, 0.05) is 23.6 Å². The number of allylic oxidation sites excluding steroid dienone is 1. The van der Waals surface area contributed by atoms with E-state index in [0.717, 1.165) is 23.1 Å². The number of phenols is 1. The Morgan fingerprint density at radius 1 is 1.11 bits per heavy atom. The van der Waals surface area contributed by atoms with Gasteiger partial charge in [0.2, 0.25) is 5.91 Å². The molecular weight excluding hydrogens is 336 g/mol. The van der Waals surface area contributed by atoms with Crippen LogP contribution in [0.3, 0.4) is 0 Å². The third-order valence-electron chi connectivity index (χ3n) is 5.78. The number of nitrogens with zero attached hydrogens (tertiary/aromatic N) is 1. The lowest BCUT2D eigenvalue weighted by Gasteiger charge is -2.25. The van der Waals surface area contributed by atoms with Gasteiger partial charge in [0.05, 0.1) is 0 Å². The number of amides is 1. The maximum atomic E-state index is 12.8. The van der Waals surface area contributed by atoms with E-state index in [1.165, 1.54) is 5.56 Å². The molecule has 0 saturated carbocycles. The van der Waals surface area contributed by atoms with Crippen LogP contribution in [0.15, 0.2) is 65.7 Å². The van der Waals surface area contributed by atoms with Gasteiger partial charge in [-0.2, -0.15) is 0 Å². The normalized spacial score (nSPS) is 19.9. The number of likely N-dealkylation sites (N-methyl/N-ethyl adjacent to an activating group) is 1. The Morgan fingerprint density at radius 3 is 2.33 bits per heavy atom. The summed E-state index contributed by atoms with van der Waals surface area (Å²) < 4.78 is 0. The van der Waals surface area contributed by atoms with Crippen molar-refractivity contribution in [1.29, 1.82) is 0 Å². The highest BCUT2D eigenvalue weighted by Crippen LogP contribution is 2.53. The zero-order valence-corrected chi connectivity index (χ0v) is 16.5. The molecule has 3 rings (SSSR count). The van der Waals surface area contributed by atoms with Crippen molar-refractivity contribution in [1.82, 2.24) is 10.2 Å². The zero-order chi connectivity index (χ0) is 19.6. The first kappa shape index (κ1) is 19.2. The summed E-state index contributed by atoms with van der Waals surface area (Å²) >= 11 is 0. The molecule has 0 unspecified atom stereocenters. The number of benzene rings is 2. The number of carbonyl (C=O) groups excluding carboxylic acids is 1. The van der Waals surface area contributed by atoms with Crippen molar-refractivity contribution in [2.24, 2.45) is 0 Å². The van der Waals surface area contributed by atoms with Crippen molar-refractivity contribution < 1.29 is 9.90 Å². The molecule has 1 amide bonds. The Labute approximate surface area is 161 Å². The summed E-state index contributed by atoms with van der Waals surface area (Å²) in [5.41, 5.74) is 4.09. The van der Waals surface area contributed by atoms with Crippen LogP contribution < -0.4 is 5.32 Å². The lowest BCUT2D eigenvalue weighted by Crippen LogP contribution is -2.42. The predicted molar refractivity (Wildman–Crippen MR) is 109 cm³/mol. The molecule has 2 N–H and O–H groups in total. The average molecular weight is 364 g/mol. The summed E-state index contributed by atoms with van der Waals surface area (Å²) in [6, 6.07) is 17.6. The molecule has 2 atom stereocenters. The van der Waals surface area contributed by atoms with Crippen molar-refractivity contribution >= 4 is 5.91 Å². The highest BCUT2D eigenvalue weighted by molar-refractivity contribution is 6.04. The van der Waals surface area contributed by atoms with Crippen molar-refractivity contribution in [2.45, 2.75) is 31.7 Å². The lowest BCUT2D eigenvalue weighted by atomic mass is 9.90. The summed E-state index contributed by atoms with van der Waals surface area (Å²) in [6.07, 6.45) is 0.807. The van der Waals surface area contributed by atoms with Crippen LogP contribution in [0.4, 0.5) is 0 Å². The van der Waals surface area contributed by atoms with Crippen LogP contribution >= 0.6 is 0 Å². The van der Waals surface area contributed by atoms with Gasteiger partial charge in [0.1, 0.15) is 5.75 Å². The molecular formula is C23H28N2O2. The second-order valence-electron chi connectivity index (χ2n) is 7.69. The molecule has 0 bridgehead atoms. The maximum Gasteiger partial charge on any atom is 0.248 e.